The maximum absolute atomic E-state index is 4.28. The van der Waals surface area contributed by atoms with Crippen molar-refractivity contribution >= 4 is 16.5 Å². The molecule has 0 aliphatic rings. The van der Waals surface area contributed by atoms with Crippen molar-refractivity contribution in [1.82, 2.24) is 10.2 Å². The van der Waals surface area contributed by atoms with Gasteiger partial charge in [-0.1, -0.05) is 62.4 Å². The van der Waals surface area contributed by atoms with Crippen molar-refractivity contribution in [2.75, 3.05) is 11.9 Å². The van der Waals surface area contributed by atoms with Gasteiger partial charge in [-0.3, -0.25) is 0 Å². The Bertz CT molecular complexity index is 499. The molecule has 1 aromatic heterocycles. The Morgan fingerprint density at radius 1 is 1.11 bits per heavy atom. The number of aromatic nitrogens is 2. The first-order chi connectivity index (χ1) is 8.47. The van der Waals surface area contributed by atoms with Crippen LogP contribution in [-0.4, -0.2) is 17.2 Å². The average Bonchev–Trinajstić information content (AvgIpc) is 2.79. The number of rotatable bonds is 3. The van der Waals surface area contributed by atoms with E-state index in [2.05, 4.69) is 67.2 Å². The van der Waals surface area contributed by atoms with E-state index in [1.165, 1.54) is 5.56 Å². The van der Waals surface area contributed by atoms with E-state index >= 15 is 0 Å². The Morgan fingerprint density at radius 2 is 1.78 bits per heavy atom. The maximum atomic E-state index is 4.28. The zero-order valence-electron chi connectivity index (χ0n) is 11.3. The van der Waals surface area contributed by atoms with E-state index in [0.29, 0.717) is 0 Å². The third kappa shape index (κ3) is 3.07. The van der Waals surface area contributed by atoms with Gasteiger partial charge in [0, 0.05) is 19.0 Å². The van der Waals surface area contributed by atoms with Crippen LogP contribution in [0.2, 0.25) is 0 Å². The Labute approximate surface area is 112 Å². The largest absolute Gasteiger partial charge is 0.345 e. The van der Waals surface area contributed by atoms with E-state index in [1.807, 2.05) is 6.07 Å². The minimum atomic E-state index is 0.0729. The fourth-order valence-electron chi connectivity index (χ4n) is 1.60. The van der Waals surface area contributed by atoms with Crippen LogP contribution in [0, 0.1) is 0 Å². The molecule has 0 N–H and O–H groups in total. The van der Waals surface area contributed by atoms with Crippen molar-refractivity contribution in [2.45, 2.75) is 32.7 Å². The monoisotopic (exact) mass is 261 g/mol. The lowest BCUT2D eigenvalue weighted by molar-refractivity contribution is 0.578. The van der Waals surface area contributed by atoms with E-state index in [9.17, 15) is 0 Å². The summed E-state index contributed by atoms with van der Waals surface area (Å²) in [6.45, 7) is 7.34. The van der Waals surface area contributed by atoms with Crippen LogP contribution in [0.25, 0.3) is 0 Å². The first kappa shape index (κ1) is 13.0. The van der Waals surface area contributed by atoms with Crippen molar-refractivity contribution in [1.29, 1.82) is 0 Å². The van der Waals surface area contributed by atoms with Gasteiger partial charge in [-0.05, 0) is 5.56 Å². The third-order valence-electron chi connectivity index (χ3n) is 2.65. The highest BCUT2D eigenvalue weighted by atomic mass is 32.1. The fourth-order valence-corrected chi connectivity index (χ4v) is 2.46. The number of hydrogen-bond acceptors (Lipinski definition) is 4. The van der Waals surface area contributed by atoms with Crippen molar-refractivity contribution < 1.29 is 0 Å². The quantitative estimate of drug-likeness (QED) is 0.847. The first-order valence-electron chi connectivity index (χ1n) is 6.06. The van der Waals surface area contributed by atoms with Crippen LogP contribution in [0.4, 0.5) is 5.13 Å². The molecule has 3 nitrogen and oxygen atoms in total. The number of anilines is 1. The molecule has 0 fully saturated rings. The lowest BCUT2D eigenvalue weighted by Crippen LogP contribution is -2.15. The van der Waals surface area contributed by atoms with Gasteiger partial charge in [-0.2, -0.15) is 0 Å². The summed E-state index contributed by atoms with van der Waals surface area (Å²) in [6.07, 6.45) is 0. The normalized spacial score (nSPS) is 11.6. The molecule has 0 amide bonds. The summed E-state index contributed by atoms with van der Waals surface area (Å²) in [5.41, 5.74) is 1.36. The van der Waals surface area contributed by atoms with E-state index in [4.69, 9.17) is 0 Å². The maximum Gasteiger partial charge on any atom is 0.208 e. The first-order valence-corrected chi connectivity index (χ1v) is 6.87. The molecule has 0 aliphatic carbocycles. The van der Waals surface area contributed by atoms with Crippen LogP contribution in [0.1, 0.15) is 31.3 Å². The predicted molar refractivity (Wildman–Crippen MR) is 77.2 cm³/mol. The van der Waals surface area contributed by atoms with Gasteiger partial charge in [-0.25, -0.2) is 0 Å². The molecule has 0 radical (unpaired) electrons. The molecule has 2 rings (SSSR count). The van der Waals surface area contributed by atoms with Crippen molar-refractivity contribution in [3.05, 3.63) is 40.9 Å². The second-order valence-electron chi connectivity index (χ2n) is 5.48. The molecule has 2 aromatic rings. The van der Waals surface area contributed by atoms with Crippen LogP contribution in [0.5, 0.6) is 0 Å². The van der Waals surface area contributed by atoms with Gasteiger partial charge >= 0.3 is 0 Å². The standard InChI is InChI=1S/C14H19N3S/c1-14(2,3)12-15-16-13(18-12)17(4)10-11-8-6-5-7-9-11/h5-9H,10H2,1-4H3. The minimum Gasteiger partial charge on any atom is -0.345 e. The summed E-state index contributed by atoms with van der Waals surface area (Å²) in [7, 11) is 2.06. The molecule has 1 heterocycles. The van der Waals surface area contributed by atoms with Crippen LogP contribution in [0.15, 0.2) is 30.3 Å². The molecule has 0 saturated carbocycles. The average molecular weight is 261 g/mol. The molecule has 0 spiro atoms. The predicted octanol–water partition coefficient (Wildman–Crippen LogP) is 3.47. The highest BCUT2D eigenvalue weighted by molar-refractivity contribution is 7.15. The second-order valence-corrected chi connectivity index (χ2v) is 6.44. The van der Waals surface area contributed by atoms with Gasteiger partial charge in [0.25, 0.3) is 0 Å². The summed E-state index contributed by atoms with van der Waals surface area (Å²) >= 11 is 1.67. The zero-order chi connectivity index (χ0) is 13.2. The molecular formula is C14H19N3S. The summed E-state index contributed by atoms with van der Waals surface area (Å²) in [5.74, 6) is 0. The van der Waals surface area contributed by atoms with E-state index in [1.54, 1.807) is 11.3 Å². The molecule has 0 saturated heterocycles. The molecule has 0 atom stereocenters. The molecule has 18 heavy (non-hydrogen) atoms. The summed E-state index contributed by atoms with van der Waals surface area (Å²) in [4.78, 5) is 2.14. The van der Waals surface area contributed by atoms with Gasteiger partial charge in [-0.15, -0.1) is 10.2 Å². The smallest absolute Gasteiger partial charge is 0.208 e. The SMILES string of the molecule is CN(Cc1ccccc1)c1nnc(C(C)(C)C)s1. The minimum absolute atomic E-state index is 0.0729. The van der Waals surface area contributed by atoms with Gasteiger partial charge in [0.15, 0.2) is 0 Å². The molecule has 4 heteroatoms. The van der Waals surface area contributed by atoms with Crippen LogP contribution in [-0.2, 0) is 12.0 Å². The van der Waals surface area contributed by atoms with Crippen LogP contribution >= 0.6 is 11.3 Å². The van der Waals surface area contributed by atoms with Crippen LogP contribution in [0.3, 0.4) is 0 Å². The Hall–Kier alpha value is -1.42. The lowest BCUT2D eigenvalue weighted by Gasteiger charge is -2.15. The highest BCUT2D eigenvalue weighted by Crippen LogP contribution is 2.29. The Kier molecular flexibility index (Phi) is 3.66. The summed E-state index contributed by atoms with van der Waals surface area (Å²) in [5, 5.41) is 10.6. The van der Waals surface area contributed by atoms with E-state index < -0.39 is 0 Å². The van der Waals surface area contributed by atoms with Crippen molar-refractivity contribution in [2.24, 2.45) is 0 Å². The third-order valence-corrected chi connectivity index (χ3v) is 4.11. The second kappa shape index (κ2) is 5.06. The zero-order valence-corrected chi connectivity index (χ0v) is 12.2. The number of nitrogens with zero attached hydrogens (tertiary/aromatic N) is 3. The summed E-state index contributed by atoms with van der Waals surface area (Å²) < 4.78 is 0. The molecule has 0 aliphatic heterocycles. The Balaban J connectivity index is 2.10. The van der Waals surface area contributed by atoms with E-state index in [0.717, 1.165) is 16.7 Å². The van der Waals surface area contributed by atoms with Gasteiger partial charge < -0.3 is 4.90 Å². The van der Waals surface area contributed by atoms with Crippen LogP contribution < -0.4 is 4.90 Å². The fraction of sp³-hybridized carbons (Fsp3) is 0.429. The van der Waals surface area contributed by atoms with Crippen molar-refractivity contribution in [3.63, 3.8) is 0 Å². The molecule has 1 aromatic carbocycles. The molecule has 96 valence electrons. The lowest BCUT2D eigenvalue weighted by atomic mass is 9.98. The van der Waals surface area contributed by atoms with E-state index in [-0.39, 0.29) is 5.41 Å². The molecule has 0 unspecified atom stereocenters. The van der Waals surface area contributed by atoms with Crippen molar-refractivity contribution in [3.8, 4) is 0 Å². The highest BCUT2D eigenvalue weighted by Gasteiger charge is 2.20. The van der Waals surface area contributed by atoms with Gasteiger partial charge in [0.05, 0.1) is 0 Å². The Morgan fingerprint density at radius 3 is 2.33 bits per heavy atom. The number of hydrogen-bond donors (Lipinski definition) is 0. The molecule has 0 bridgehead atoms. The summed E-state index contributed by atoms with van der Waals surface area (Å²) in [6, 6.07) is 10.4. The van der Waals surface area contributed by atoms with Gasteiger partial charge in [0.1, 0.15) is 5.01 Å². The topological polar surface area (TPSA) is 29.0 Å². The van der Waals surface area contributed by atoms with Gasteiger partial charge in [0.2, 0.25) is 5.13 Å². The number of benzene rings is 1. The molecular weight excluding hydrogens is 242 g/mol.